The van der Waals surface area contributed by atoms with Crippen molar-refractivity contribution >= 4 is 22.6 Å². The molecule has 0 amide bonds. The van der Waals surface area contributed by atoms with E-state index in [2.05, 4.69) is 46.9 Å². The summed E-state index contributed by atoms with van der Waals surface area (Å²) in [5.41, 5.74) is 1.30. The summed E-state index contributed by atoms with van der Waals surface area (Å²) in [6.45, 7) is 0. The zero-order chi connectivity index (χ0) is 12.8. The van der Waals surface area contributed by atoms with Gasteiger partial charge in [0.15, 0.2) is 0 Å². The van der Waals surface area contributed by atoms with Crippen molar-refractivity contribution in [1.82, 2.24) is 0 Å². The number of hydrogen-bond acceptors (Lipinski definition) is 3. The summed E-state index contributed by atoms with van der Waals surface area (Å²) in [7, 11) is 1.69. The first-order valence-corrected chi connectivity index (χ1v) is 7.80. The first-order chi connectivity index (χ1) is 8.78. The Balaban J connectivity index is 1.89. The molecule has 0 aliphatic carbocycles. The van der Waals surface area contributed by atoms with Crippen LogP contribution in [0.3, 0.4) is 0 Å². The molecule has 0 N–H and O–H groups in total. The zero-order valence-electron chi connectivity index (χ0n) is 10.6. The number of aryl methyl sites for hydroxylation is 1. The van der Waals surface area contributed by atoms with Crippen LogP contribution in [0, 0.1) is 0 Å². The van der Waals surface area contributed by atoms with Gasteiger partial charge >= 0.3 is 0 Å². The van der Waals surface area contributed by atoms with Crippen LogP contribution in [0.1, 0.15) is 24.8 Å². The molecule has 1 saturated heterocycles. The molecular formula is C14H19IO3. The molecule has 1 aliphatic rings. The van der Waals surface area contributed by atoms with Gasteiger partial charge in [0.1, 0.15) is 6.10 Å². The molecule has 2 atom stereocenters. The van der Waals surface area contributed by atoms with Crippen LogP contribution in [0.2, 0.25) is 0 Å². The van der Waals surface area contributed by atoms with E-state index in [0.29, 0.717) is 0 Å². The van der Waals surface area contributed by atoms with Gasteiger partial charge in [-0.25, -0.2) is 9.78 Å². The maximum atomic E-state index is 5.54. The Morgan fingerprint density at radius 1 is 1.39 bits per heavy atom. The number of benzene rings is 1. The van der Waals surface area contributed by atoms with E-state index in [0.717, 1.165) is 30.1 Å². The number of ether oxygens (including phenoxy) is 1. The molecule has 1 heterocycles. The van der Waals surface area contributed by atoms with Crippen LogP contribution in [0.5, 0.6) is 0 Å². The van der Waals surface area contributed by atoms with Crippen molar-refractivity contribution in [2.45, 2.75) is 37.6 Å². The predicted molar refractivity (Wildman–Crippen MR) is 78.6 cm³/mol. The van der Waals surface area contributed by atoms with Crippen molar-refractivity contribution in [3.05, 3.63) is 35.9 Å². The van der Waals surface area contributed by atoms with Crippen LogP contribution in [0.15, 0.2) is 30.3 Å². The van der Waals surface area contributed by atoms with Crippen LogP contribution in [0.4, 0.5) is 0 Å². The lowest BCUT2D eigenvalue weighted by molar-refractivity contribution is -0.462. The SMILES string of the molecule is CO[C@]1(CCc2ccccc2)CC[C@@H](CI)OO1. The van der Waals surface area contributed by atoms with E-state index in [1.807, 2.05) is 6.07 Å². The fourth-order valence-corrected chi connectivity index (χ4v) is 2.70. The maximum Gasteiger partial charge on any atom is 0.201 e. The van der Waals surface area contributed by atoms with Gasteiger partial charge in [0.25, 0.3) is 0 Å². The van der Waals surface area contributed by atoms with Crippen LogP contribution < -0.4 is 0 Å². The lowest BCUT2D eigenvalue weighted by atomic mass is 9.98. The number of rotatable bonds is 5. The molecule has 3 nitrogen and oxygen atoms in total. The topological polar surface area (TPSA) is 27.7 Å². The summed E-state index contributed by atoms with van der Waals surface area (Å²) in [6, 6.07) is 10.4. The molecule has 0 unspecified atom stereocenters. The molecule has 100 valence electrons. The summed E-state index contributed by atoms with van der Waals surface area (Å²) in [4.78, 5) is 10.9. The van der Waals surface area contributed by atoms with Crippen molar-refractivity contribution in [3.8, 4) is 0 Å². The van der Waals surface area contributed by atoms with Gasteiger partial charge in [-0.1, -0.05) is 52.9 Å². The first kappa shape index (κ1) is 14.2. The van der Waals surface area contributed by atoms with E-state index < -0.39 is 5.79 Å². The third-order valence-corrected chi connectivity index (χ3v) is 4.35. The maximum absolute atomic E-state index is 5.54. The Hall–Kier alpha value is -0.170. The minimum Gasteiger partial charge on any atom is -0.351 e. The monoisotopic (exact) mass is 362 g/mol. The Morgan fingerprint density at radius 2 is 2.17 bits per heavy atom. The Kier molecular flexibility index (Phi) is 5.41. The summed E-state index contributed by atoms with van der Waals surface area (Å²) >= 11 is 2.32. The number of methoxy groups -OCH3 is 1. The van der Waals surface area contributed by atoms with Gasteiger partial charge in [-0.3, -0.25) is 0 Å². The average Bonchev–Trinajstić information content (AvgIpc) is 2.47. The highest BCUT2D eigenvalue weighted by atomic mass is 127. The lowest BCUT2D eigenvalue weighted by Crippen LogP contribution is -2.42. The highest BCUT2D eigenvalue weighted by Crippen LogP contribution is 2.32. The van der Waals surface area contributed by atoms with Gasteiger partial charge in [0, 0.05) is 24.4 Å². The number of hydrogen-bond donors (Lipinski definition) is 0. The second-order valence-corrected chi connectivity index (χ2v) is 5.48. The van der Waals surface area contributed by atoms with Crippen LogP contribution in [0.25, 0.3) is 0 Å². The Morgan fingerprint density at radius 3 is 2.72 bits per heavy atom. The molecule has 0 radical (unpaired) electrons. The van der Waals surface area contributed by atoms with Crippen molar-refractivity contribution in [3.63, 3.8) is 0 Å². The summed E-state index contributed by atoms with van der Waals surface area (Å²) < 4.78 is 6.50. The minimum atomic E-state index is -0.571. The fraction of sp³-hybridized carbons (Fsp3) is 0.571. The average molecular weight is 362 g/mol. The van der Waals surface area contributed by atoms with Gasteiger partial charge in [-0.15, -0.1) is 0 Å². The van der Waals surface area contributed by atoms with E-state index in [9.17, 15) is 0 Å². The number of alkyl halides is 1. The molecule has 0 saturated carbocycles. The highest BCUT2D eigenvalue weighted by molar-refractivity contribution is 14.1. The molecule has 1 aromatic carbocycles. The van der Waals surface area contributed by atoms with E-state index in [-0.39, 0.29) is 6.10 Å². The predicted octanol–water partition coefficient (Wildman–Crippen LogP) is 3.51. The number of halogens is 1. The third-order valence-electron chi connectivity index (χ3n) is 3.36. The third kappa shape index (κ3) is 3.66. The molecule has 1 aromatic rings. The zero-order valence-corrected chi connectivity index (χ0v) is 12.8. The second kappa shape index (κ2) is 6.84. The minimum absolute atomic E-state index is 0.200. The smallest absolute Gasteiger partial charge is 0.201 e. The standard InChI is InChI=1S/C14H19IO3/c1-16-14(10-8-13(11-15)17-18-14)9-7-12-5-3-2-4-6-12/h2-6,13H,7-11H2,1H3/t13-,14-/m0/s1. The van der Waals surface area contributed by atoms with Gasteiger partial charge in [0.2, 0.25) is 5.79 Å². The van der Waals surface area contributed by atoms with E-state index in [1.165, 1.54) is 5.56 Å². The normalized spacial score (nSPS) is 28.2. The molecule has 1 aliphatic heterocycles. The quantitative estimate of drug-likeness (QED) is 0.456. The lowest BCUT2D eigenvalue weighted by Gasteiger charge is -2.37. The van der Waals surface area contributed by atoms with E-state index in [1.54, 1.807) is 7.11 Å². The molecule has 1 fully saturated rings. The molecule has 2 rings (SSSR count). The van der Waals surface area contributed by atoms with Crippen LogP contribution in [-0.4, -0.2) is 23.4 Å². The van der Waals surface area contributed by atoms with Crippen molar-refractivity contribution in [2.75, 3.05) is 11.5 Å². The van der Waals surface area contributed by atoms with Gasteiger partial charge in [-0.2, -0.15) is 0 Å². The largest absolute Gasteiger partial charge is 0.351 e. The Labute approximate surface area is 122 Å². The molecule has 0 aromatic heterocycles. The molecular weight excluding hydrogens is 343 g/mol. The summed E-state index contributed by atoms with van der Waals surface area (Å²) in [5, 5.41) is 0. The van der Waals surface area contributed by atoms with Gasteiger partial charge in [0.05, 0.1) is 0 Å². The highest BCUT2D eigenvalue weighted by Gasteiger charge is 2.37. The fourth-order valence-electron chi connectivity index (χ4n) is 2.11. The second-order valence-electron chi connectivity index (χ2n) is 4.59. The summed E-state index contributed by atoms with van der Waals surface area (Å²) in [6.07, 6.45) is 3.84. The molecule has 0 spiro atoms. The van der Waals surface area contributed by atoms with Crippen LogP contribution >= 0.6 is 22.6 Å². The van der Waals surface area contributed by atoms with E-state index >= 15 is 0 Å². The van der Waals surface area contributed by atoms with Crippen molar-refractivity contribution in [1.29, 1.82) is 0 Å². The molecule has 4 heteroatoms. The summed E-state index contributed by atoms with van der Waals surface area (Å²) in [5.74, 6) is -0.571. The van der Waals surface area contributed by atoms with Gasteiger partial charge in [-0.05, 0) is 18.4 Å². The van der Waals surface area contributed by atoms with Crippen molar-refractivity contribution < 1.29 is 14.5 Å². The van der Waals surface area contributed by atoms with Crippen molar-refractivity contribution in [2.24, 2.45) is 0 Å². The first-order valence-electron chi connectivity index (χ1n) is 6.27. The van der Waals surface area contributed by atoms with Crippen LogP contribution in [-0.2, 0) is 20.9 Å². The Bertz CT molecular complexity index is 347. The van der Waals surface area contributed by atoms with E-state index in [4.69, 9.17) is 14.5 Å². The molecule has 18 heavy (non-hydrogen) atoms. The van der Waals surface area contributed by atoms with Gasteiger partial charge < -0.3 is 4.74 Å². The molecule has 0 bridgehead atoms.